The van der Waals surface area contributed by atoms with E-state index in [0.29, 0.717) is 24.8 Å². The topological polar surface area (TPSA) is 27.7 Å². The molecule has 0 radical (unpaired) electrons. The molecule has 3 aromatic rings. The number of hydrogen-bond donors (Lipinski definition) is 0. The summed E-state index contributed by atoms with van der Waals surface area (Å²) < 4.78 is 110. The van der Waals surface area contributed by atoms with Crippen LogP contribution in [-0.4, -0.2) is 19.4 Å². The minimum atomic E-state index is -4.94. The van der Waals surface area contributed by atoms with Crippen molar-refractivity contribution in [3.63, 3.8) is 0 Å². The van der Waals surface area contributed by atoms with Gasteiger partial charge in [0, 0.05) is 16.9 Å². The normalized spacial score (nSPS) is 15.1. The molecule has 0 atom stereocenters. The van der Waals surface area contributed by atoms with Gasteiger partial charge in [0.25, 0.3) is 0 Å². The van der Waals surface area contributed by atoms with E-state index in [0.717, 1.165) is 42.7 Å². The SMILES string of the molecule is Fc1cc2cc(OC(F)(F)c3ccc(C4OCCCO4)cc3)ccc2c(F)c1C#CC(F)(F)F. The molecule has 0 aliphatic carbocycles. The van der Waals surface area contributed by atoms with E-state index in [1.54, 1.807) is 0 Å². The van der Waals surface area contributed by atoms with Crippen molar-refractivity contribution in [3.8, 4) is 17.6 Å². The van der Waals surface area contributed by atoms with E-state index in [9.17, 15) is 30.7 Å². The molecule has 0 spiro atoms. The smallest absolute Gasteiger partial charge is 0.429 e. The van der Waals surface area contributed by atoms with Crippen LogP contribution in [0, 0.1) is 23.5 Å². The van der Waals surface area contributed by atoms with Gasteiger partial charge < -0.3 is 14.2 Å². The first-order valence-electron chi connectivity index (χ1n) is 9.96. The van der Waals surface area contributed by atoms with E-state index in [1.807, 2.05) is 0 Å². The van der Waals surface area contributed by atoms with Gasteiger partial charge in [0.05, 0.1) is 24.3 Å². The second-order valence-corrected chi connectivity index (χ2v) is 7.35. The van der Waals surface area contributed by atoms with Gasteiger partial charge in [-0.1, -0.05) is 18.1 Å². The zero-order valence-electron chi connectivity index (χ0n) is 17.2. The average molecular weight is 484 g/mol. The third-order valence-corrected chi connectivity index (χ3v) is 4.92. The summed E-state index contributed by atoms with van der Waals surface area (Å²) in [5, 5.41) is -0.497. The number of rotatable bonds is 4. The van der Waals surface area contributed by atoms with Crippen LogP contribution in [0.1, 0.15) is 29.4 Å². The summed E-state index contributed by atoms with van der Waals surface area (Å²) in [4.78, 5) is 0. The molecule has 0 saturated carbocycles. The van der Waals surface area contributed by atoms with Crippen molar-refractivity contribution in [2.24, 2.45) is 0 Å². The van der Waals surface area contributed by atoms with Crippen LogP contribution in [-0.2, 0) is 15.6 Å². The van der Waals surface area contributed by atoms with Gasteiger partial charge in [-0.25, -0.2) is 8.78 Å². The van der Waals surface area contributed by atoms with Crippen LogP contribution in [0.4, 0.5) is 30.7 Å². The van der Waals surface area contributed by atoms with Crippen LogP contribution in [0.2, 0.25) is 0 Å². The standard InChI is InChI=1S/C24H15F7O3/c25-20-13-15-12-17(6-7-18(15)21(26)19(20)8-9-23(27,28)29)34-24(30,31)16-4-2-14(3-5-16)22-32-10-1-11-33-22/h2-7,12-13,22H,1,10-11H2. The number of hydrogen-bond acceptors (Lipinski definition) is 3. The van der Waals surface area contributed by atoms with Crippen LogP contribution in [0.15, 0.2) is 48.5 Å². The highest BCUT2D eigenvalue weighted by atomic mass is 19.4. The van der Waals surface area contributed by atoms with Crippen molar-refractivity contribution in [2.75, 3.05) is 13.2 Å². The largest absolute Gasteiger partial charge is 0.458 e. The Bertz CT molecular complexity index is 1250. The van der Waals surface area contributed by atoms with E-state index < -0.39 is 47.1 Å². The number of ether oxygens (including phenoxy) is 3. The van der Waals surface area contributed by atoms with Gasteiger partial charge in [-0.05, 0) is 48.2 Å². The first-order valence-corrected chi connectivity index (χ1v) is 9.96. The molecule has 3 aromatic carbocycles. The second-order valence-electron chi connectivity index (χ2n) is 7.35. The Hall–Kier alpha value is -3.29. The summed E-state index contributed by atoms with van der Waals surface area (Å²) >= 11 is 0. The van der Waals surface area contributed by atoms with Gasteiger partial charge >= 0.3 is 12.3 Å². The molecule has 4 rings (SSSR count). The molecule has 1 fully saturated rings. The van der Waals surface area contributed by atoms with Gasteiger partial charge in [0.15, 0.2) is 6.29 Å². The average Bonchev–Trinajstić information content (AvgIpc) is 2.78. The van der Waals surface area contributed by atoms with Crippen LogP contribution in [0.3, 0.4) is 0 Å². The molecule has 1 aliphatic rings. The Morgan fingerprint density at radius 1 is 0.882 bits per heavy atom. The van der Waals surface area contributed by atoms with Gasteiger partial charge in [0.2, 0.25) is 0 Å². The maximum atomic E-state index is 14.7. The monoisotopic (exact) mass is 484 g/mol. The highest BCUT2D eigenvalue weighted by molar-refractivity contribution is 5.86. The van der Waals surface area contributed by atoms with Crippen LogP contribution >= 0.6 is 0 Å². The molecule has 10 heteroatoms. The van der Waals surface area contributed by atoms with Crippen LogP contribution in [0.25, 0.3) is 10.8 Å². The maximum Gasteiger partial charge on any atom is 0.458 e. The summed E-state index contributed by atoms with van der Waals surface area (Å²) in [6.07, 6.45) is -8.64. The zero-order valence-corrected chi connectivity index (χ0v) is 17.2. The van der Waals surface area contributed by atoms with E-state index in [-0.39, 0.29) is 10.8 Å². The van der Waals surface area contributed by atoms with Gasteiger partial charge in [-0.3, -0.25) is 0 Å². The zero-order chi connectivity index (χ0) is 24.5. The number of fused-ring (bicyclic) bond motifs is 1. The lowest BCUT2D eigenvalue weighted by molar-refractivity contribution is -0.186. The number of benzene rings is 3. The molecule has 0 N–H and O–H groups in total. The predicted molar refractivity (Wildman–Crippen MR) is 107 cm³/mol. The summed E-state index contributed by atoms with van der Waals surface area (Å²) in [6, 6.07) is 8.75. The van der Waals surface area contributed by atoms with Crippen LogP contribution in [0.5, 0.6) is 5.75 Å². The van der Waals surface area contributed by atoms with E-state index in [4.69, 9.17) is 14.2 Å². The lowest BCUT2D eigenvalue weighted by Gasteiger charge is -2.24. The fraction of sp³-hybridized carbons (Fsp3) is 0.250. The third-order valence-electron chi connectivity index (χ3n) is 4.92. The van der Waals surface area contributed by atoms with Crippen molar-refractivity contribution in [1.29, 1.82) is 0 Å². The van der Waals surface area contributed by atoms with Crippen molar-refractivity contribution in [3.05, 3.63) is 76.9 Å². The van der Waals surface area contributed by atoms with Crippen molar-refractivity contribution < 1.29 is 44.9 Å². The molecule has 34 heavy (non-hydrogen) atoms. The molecule has 1 aliphatic heterocycles. The Labute approximate surface area is 189 Å². The fourth-order valence-corrected chi connectivity index (χ4v) is 3.34. The molecule has 1 heterocycles. The molecule has 0 bridgehead atoms. The molecule has 0 amide bonds. The lowest BCUT2D eigenvalue weighted by Crippen LogP contribution is -2.22. The highest BCUT2D eigenvalue weighted by Crippen LogP contribution is 2.35. The first-order chi connectivity index (χ1) is 16.0. The fourth-order valence-electron chi connectivity index (χ4n) is 3.34. The predicted octanol–water partition coefficient (Wildman–Crippen LogP) is 6.60. The Morgan fingerprint density at radius 3 is 2.21 bits per heavy atom. The molecular formula is C24H15F7O3. The van der Waals surface area contributed by atoms with Crippen molar-refractivity contribution in [2.45, 2.75) is 25.0 Å². The van der Waals surface area contributed by atoms with Crippen molar-refractivity contribution in [1.82, 2.24) is 0 Å². The Balaban J connectivity index is 1.58. The summed E-state index contributed by atoms with van der Waals surface area (Å²) in [6.45, 7) is 0.983. The van der Waals surface area contributed by atoms with Crippen molar-refractivity contribution >= 4 is 10.8 Å². The minimum Gasteiger partial charge on any atom is -0.429 e. The van der Waals surface area contributed by atoms with E-state index in [1.165, 1.54) is 18.1 Å². The molecule has 0 unspecified atom stereocenters. The van der Waals surface area contributed by atoms with Gasteiger partial charge in [-0.2, -0.15) is 22.0 Å². The molecular weight excluding hydrogens is 469 g/mol. The number of alkyl halides is 5. The molecule has 1 saturated heterocycles. The Morgan fingerprint density at radius 2 is 1.56 bits per heavy atom. The summed E-state index contributed by atoms with van der Waals surface area (Å²) in [5.41, 5.74) is -1.00. The molecule has 0 aromatic heterocycles. The van der Waals surface area contributed by atoms with E-state index >= 15 is 0 Å². The highest BCUT2D eigenvalue weighted by Gasteiger charge is 2.35. The van der Waals surface area contributed by atoms with Crippen LogP contribution < -0.4 is 4.74 Å². The summed E-state index contributed by atoms with van der Waals surface area (Å²) in [7, 11) is 0. The maximum absolute atomic E-state index is 14.7. The summed E-state index contributed by atoms with van der Waals surface area (Å²) in [5.74, 6) is -0.894. The third kappa shape index (κ3) is 5.26. The quantitative estimate of drug-likeness (QED) is 0.309. The minimum absolute atomic E-state index is 0.192. The molecule has 3 nitrogen and oxygen atoms in total. The molecule has 178 valence electrons. The van der Waals surface area contributed by atoms with Gasteiger partial charge in [-0.15, -0.1) is 0 Å². The Kier molecular flexibility index (Phi) is 6.43. The van der Waals surface area contributed by atoms with E-state index in [2.05, 4.69) is 0 Å². The number of halogens is 7. The lowest BCUT2D eigenvalue weighted by atomic mass is 10.0. The second kappa shape index (κ2) is 9.16. The first kappa shape index (κ1) is 23.9. The van der Waals surface area contributed by atoms with Gasteiger partial charge in [0.1, 0.15) is 17.4 Å².